The lowest BCUT2D eigenvalue weighted by molar-refractivity contribution is 0.242. The van der Waals surface area contributed by atoms with Gasteiger partial charge in [0.15, 0.2) is 0 Å². The highest BCUT2D eigenvalue weighted by atomic mass is 16.5. The molecule has 0 aliphatic rings. The number of hydrogen-bond acceptors (Lipinski definition) is 3. The minimum Gasteiger partial charge on any atom is -0.496 e. The molecule has 0 saturated carbocycles. The SMILES string of the molecule is CNC(=O)NCc1cc(OC)c(C)cc1OC. The monoisotopic (exact) mass is 238 g/mol. The van der Waals surface area contributed by atoms with E-state index in [9.17, 15) is 4.79 Å². The third kappa shape index (κ3) is 3.27. The predicted molar refractivity (Wildman–Crippen MR) is 65.6 cm³/mol. The number of aryl methyl sites for hydroxylation is 1. The zero-order chi connectivity index (χ0) is 12.8. The van der Waals surface area contributed by atoms with Crippen LogP contribution >= 0.6 is 0 Å². The highest BCUT2D eigenvalue weighted by molar-refractivity contribution is 5.73. The molecule has 1 rings (SSSR count). The summed E-state index contributed by atoms with van der Waals surface area (Å²) in [4.78, 5) is 11.1. The Balaban J connectivity index is 2.92. The minimum absolute atomic E-state index is 0.230. The Morgan fingerprint density at radius 3 is 2.41 bits per heavy atom. The number of carbonyl (C=O) groups is 1. The van der Waals surface area contributed by atoms with E-state index in [-0.39, 0.29) is 6.03 Å². The van der Waals surface area contributed by atoms with Crippen LogP contribution in [0.25, 0.3) is 0 Å². The van der Waals surface area contributed by atoms with Crippen molar-refractivity contribution in [3.8, 4) is 11.5 Å². The molecular formula is C12H18N2O3. The van der Waals surface area contributed by atoms with Crippen LogP contribution in [0.5, 0.6) is 11.5 Å². The fourth-order valence-corrected chi connectivity index (χ4v) is 1.52. The predicted octanol–water partition coefficient (Wildman–Crippen LogP) is 1.44. The van der Waals surface area contributed by atoms with Gasteiger partial charge in [-0.15, -0.1) is 0 Å². The zero-order valence-corrected chi connectivity index (χ0v) is 10.6. The molecule has 1 aromatic carbocycles. The summed E-state index contributed by atoms with van der Waals surface area (Å²) in [7, 11) is 4.79. The van der Waals surface area contributed by atoms with E-state index >= 15 is 0 Å². The van der Waals surface area contributed by atoms with Crippen molar-refractivity contribution in [3.63, 3.8) is 0 Å². The summed E-state index contributed by atoms with van der Waals surface area (Å²) >= 11 is 0. The standard InChI is InChI=1S/C12H18N2O3/c1-8-5-11(17-4)9(6-10(8)16-3)7-14-12(15)13-2/h5-6H,7H2,1-4H3,(H2,13,14,15). The average Bonchev–Trinajstić information content (AvgIpc) is 2.36. The largest absolute Gasteiger partial charge is 0.496 e. The maximum Gasteiger partial charge on any atom is 0.314 e. The van der Waals surface area contributed by atoms with Crippen molar-refractivity contribution < 1.29 is 14.3 Å². The van der Waals surface area contributed by atoms with Gasteiger partial charge in [0, 0.05) is 19.2 Å². The number of benzene rings is 1. The summed E-state index contributed by atoms with van der Waals surface area (Å²) < 4.78 is 10.5. The summed E-state index contributed by atoms with van der Waals surface area (Å²) in [6, 6.07) is 3.52. The first-order chi connectivity index (χ1) is 8.12. The molecule has 17 heavy (non-hydrogen) atoms. The van der Waals surface area contributed by atoms with Gasteiger partial charge in [0.1, 0.15) is 11.5 Å². The van der Waals surface area contributed by atoms with Crippen LogP contribution in [-0.4, -0.2) is 27.3 Å². The molecule has 0 atom stereocenters. The Morgan fingerprint density at radius 1 is 1.24 bits per heavy atom. The molecule has 1 aromatic rings. The Bertz CT molecular complexity index is 405. The van der Waals surface area contributed by atoms with Crippen molar-refractivity contribution in [2.45, 2.75) is 13.5 Å². The number of hydrogen-bond donors (Lipinski definition) is 2. The van der Waals surface area contributed by atoms with Gasteiger partial charge in [0.2, 0.25) is 0 Å². The number of amides is 2. The summed E-state index contributed by atoms with van der Waals surface area (Å²) in [5.74, 6) is 1.51. The number of urea groups is 1. The number of carbonyl (C=O) groups excluding carboxylic acids is 1. The molecule has 0 bridgehead atoms. The maximum absolute atomic E-state index is 11.1. The molecule has 5 nitrogen and oxygen atoms in total. The van der Waals surface area contributed by atoms with Crippen LogP contribution in [-0.2, 0) is 6.54 Å². The van der Waals surface area contributed by atoms with Gasteiger partial charge < -0.3 is 20.1 Å². The van der Waals surface area contributed by atoms with Crippen molar-refractivity contribution in [3.05, 3.63) is 23.3 Å². The third-order valence-electron chi connectivity index (χ3n) is 2.46. The average molecular weight is 238 g/mol. The molecule has 2 amide bonds. The molecule has 0 fully saturated rings. The number of nitrogens with one attached hydrogen (secondary N) is 2. The van der Waals surface area contributed by atoms with E-state index < -0.39 is 0 Å². The van der Waals surface area contributed by atoms with E-state index in [1.54, 1.807) is 21.3 Å². The fourth-order valence-electron chi connectivity index (χ4n) is 1.52. The zero-order valence-electron chi connectivity index (χ0n) is 10.6. The molecule has 0 spiro atoms. The van der Waals surface area contributed by atoms with E-state index in [1.165, 1.54) is 0 Å². The molecular weight excluding hydrogens is 220 g/mol. The van der Waals surface area contributed by atoms with Crippen LogP contribution in [0.15, 0.2) is 12.1 Å². The van der Waals surface area contributed by atoms with Crippen molar-refractivity contribution in [1.29, 1.82) is 0 Å². The smallest absolute Gasteiger partial charge is 0.314 e. The molecule has 0 radical (unpaired) electrons. The molecule has 0 saturated heterocycles. The van der Waals surface area contributed by atoms with Crippen LogP contribution in [0.3, 0.4) is 0 Å². The lowest BCUT2D eigenvalue weighted by Gasteiger charge is -2.13. The van der Waals surface area contributed by atoms with Gasteiger partial charge in [-0.05, 0) is 24.6 Å². The maximum atomic E-state index is 11.1. The molecule has 0 aliphatic heterocycles. The topological polar surface area (TPSA) is 59.6 Å². The van der Waals surface area contributed by atoms with Gasteiger partial charge >= 0.3 is 6.03 Å². The Hall–Kier alpha value is -1.91. The van der Waals surface area contributed by atoms with Gasteiger partial charge in [0.05, 0.1) is 14.2 Å². The van der Waals surface area contributed by atoms with Gasteiger partial charge in [0.25, 0.3) is 0 Å². The van der Waals surface area contributed by atoms with Gasteiger partial charge in [-0.3, -0.25) is 0 Å². The molecule has 94 valence electrons. The van der Waals surface area contributed by atoms with E-state index in [0.717, 1.165) is 22.6 Å². The van der Waals surface area contributed by atoms with E-state index in [2.05, 4.69) is 10.6 Å². The molecule has 0 aromatic heterocycles. The number of methoxy groups -OCH3 is 2. The van der Waals surface area contributed by atoms with Crippen LogP contribution in [0.2, 0.25) is 0 Å². The first-order valence-electron chi connectivity index (χ1n) is 5.29. The Morgan fingerprint density at radius 2 is 1.88 bits per heavy atom. The van der Waals surface area contributed by atoms with Crippen molar-refractivity contribution in [2.24, 2.45) is 0 Å². The molecule has 0 heterocycles. The van der Waals surface area contributed by atoms with Gasteiger partial charge in [-0.1, -0.05) is 0 Å². The highest BCUT2D eigenvalue weighted by Crippen LogP contribution is 2.27. The fraction of sp³-hybridized carbons (Fsp3) is 0.417. The van der Waals surface area contributed by atoms with Crippen molar-refractivity contribution in [2.75, 3.05) is 21.3 Å². The Kier molecular flexibility index (Phi) is 4.63. The summed E-state index contributed by atoms with van der Waals surface area (Å²) in [6.45, 7) is 2.33. The number of ether oxygens (including phenoxy) is 2. The highest BCUT2D eigenvalue weighted by Gasteiger charge is 2.09. The number of rotatable bonds is 4. The first-order valence-corrected chi connectivity index (χ1v) is 5.29. The Labute approximate surface area is 101 Å². The van der Waals surface area contributed by atoms with Crippen LogP contribution in [0.1, 0.15) is 11.1 Å². The van der Waals surface area contributed by atoms with Crippen molar-refractivity contribution in [1.82, 2.24) is 10.6 Å². The van der Waals surface area contributed by atoms with Crippen molar-refractivity contribution >= 4 is 6.03 Å². The van der Waals surface area contributed by atoms with E-state index in [0.29, 0.717) is 6.54 Å². The molecule has 0 aliphatic carbocycles. The lowest BCUT2D eigenvalue weighted by atomic mass is 10.1. The molecule has 2 N–H and O–H groups in total. The van der Waals surface area contributed by atoms with Crippen LogP contribution in [0, 0.1) is 6.92 Å². The van der Waals surface area contributed by atoms with Gasteiger partial charge in [-0.25, -0.2) is 4.79 Å². The second kappa shape index (κ2) is 5.98. The second-order valence-electron chi connectivity index (χ2n) is 3.57. The van der Waals surface area contributed by atoms with Gasteiger partial charge in [-0.2, -0.15) is 0 Å². The minimum atomic E-state index is -0.230. The first kappa shape index (κ1) is 13.2. The van der Waals surface area contributed by atoms with E-state index in [1.807, 2.05) is 19.1 Å². The van der Waals surface area contributed by atoms with E-state index in [4.69, 9.17) is 9.47 Å². The molecule has 0 unspecified atom stereocenters. The molecule has 5 heteroatoms. The lowest BCUT2D eigenvalue weighted by Crippen LogP contribution is -2.32. The normalized spacial score (nSPS) is 9.65. The third-order valence-corrected chi connectivity index (χ3v) is 2.46. The second-order valence-corrected chi connectivity index (χ2v) is 3.57. The van der Waals surface area contributed by atoms with Crippen LogP contribution < -0.4 is 20.1 Å². The summed E-state index contributed by atoms with van der Waals surface area (Å²) in [5, 5.41) is 5.20. The summed E-state index contributed by atoms with van der Waals surface area (Å²) in [5.41, 5.74) is 1.87. The summed E-state index contributed by atoms with van der Waals surface area (Å²) in [6.07, 6.45) is 0. The van der Waals surface area contributed by atoms with Crippen LogP contribution in [0.4, 0.5) is 4.79 Å². The quantitative estimate of drug-likeness (QED) is 0.834.